The Morgan fingerprint density at radius 1 is 1.62 bits per heavy atom. The number of nitrogens with two attached hydrogens (primary N) is 1. The van der Waals surface area contributed by atoms with Crippen LogP contribution in [0.25, 0.3) is 0 Å². The number of methoxy groups -OCH3 is 1. The topological polar surface area (TPSA) is 55.6 Å². The molecule has 1 amide bonds. The van der Waals surface area contributed by atoms with E-state index in [0.717, 1.165) is 32.5 Å². The smallest absolute Gasteiger partial charge is 0.222 e. The molecule has 2 unspecified atom stereocenters. The van der Waals surface area contributed by atoms with Gasteiger partial charge in [0.2, 0.25) is 5.91 Å². The van der Waals surface area contributed by atoms with Gasteiger partial charge in [-0.25, -0.2) is 0 Å². The van der Waals surface area contributed by atoms with Gasteiger partial charge in [-0.05, 0) is 31.2 Å². The molecule has 16 heavy (non-hydrogen) atoms. The van der Waals surface area contributed by atoms with Gasteiger partial charge in [-0.3, -0.25) is 4.79 Å². The van der Waals surface area contributed by atoms with Gasteiger partial charge in [0, 0.05) is 33.2 Å². The van der Waals surface area contributed by atoms with E-state index in [-0.39, 0.29) is 5.91 Å². The number of carbonyl (C=O) groups is 1. The quantitative estimate of drug-likeness (QED) is 0.733. The van der Waals surface area contributed by atoms with Gasteiger partial charge in [-0.15, -0.1) is 0 Å². The summed E-state index contributed by atoms with van der Waals surface area (Å²) in [6, 6.07) is 0. The third-order valence-electron chi connectivity index (χ3n) is 3.19. The molecule has 0 aromatic rings. The Morgan fingerprint density at radius 2 is 2.38 bits per heavy atom. The monoisotopic (exact) mass is 228 g/mol. The zero-order chi connectivity index (χ0) is 12.0. The van der Waals surface area contributed by atoms with Gasteiger partial charge in [-0.2, -0.15) is 0 Å². The van der Waals surface area contributed by atoms with Crippen molar-refractivity contribution in [3.05, 3.63) is 0 Å². The maximum Gasteiger partial charge on any atom is 0.222 e. The minimum Gasteiger partial charge on any atom is -0.384 e. The lowest BCUT2D eigenvalue weighted by atomic mass is 10.1. The number of amides is 1. The zero-order valence-corrected chi connectivity index (χ0v) is 10.4. The van der Waals surface area contributed by atoms with Crippen LogP contribution < -0.4 is 5.73 Å². The van der Waals surface area contributed by atoms with E-state index in [0.29, 0.717) is 24.9 Å². The summed E-state index contributed by atoms with van der Waals surface area (Å²) in [4.78, 5) is 13.9. The van der Waals surface area contributed by atoms with Crippen molar-refractivity contribution < 1.29 is 9.53 Å². The van der Waals surface area contributed by atoms with Gasteiger partial charge in [-0.1, -0.05) is 6.92 Å². The highest BCUT2D eigenvalue weighted by molar-refractivity contribution is 5.76. The Kier molecular flexibility index (Phi) is 5.77. The molecule has 0 saturated carbocycles. The van der Waals surface area contributed by atoms with Gasteiger partial charge in [0.05, 0.1) is 0 Å². The van der Waals surface area contributed by atoms with E-state index >= 15 is 0 Å². The molecule has 94 valence electrons. The van der Waals surface area contributed by atoms with Gasteiger partial charge in [0.25, 0.3) is 0 Å². The van der Waals surface area contributed by atoms with Crippen molar-refractivity contribution in [2.24, 2.45) is 17.6 Å². The summed E-state index contributed by atoms with van der Waals surface area (Å²) in [7, 11) is 1.67. The van der Waals surface area contributed by atoms with E-state index in [9.17, 15) is 4.79 Å². The first-order chi connectivity index (χ1) is 7.67. The first kappa shape index (κ1) is 13.5. The van der Waals surface area contributed by atoms with Crippen molar-refractivity contribution >= 4 is 5.91 Å². The van der Waals surface area contributed by atoms with Crippen molar-refractivity contribution in [1.82, 2.24) is 4.90 Å². The van der Waals surface area contributed by atoms with E-state index in [1.54, 1.807) is 7.11 Å². The van der Waals surface area contributed by atoms with Crippen LogP contribution in [0.4, 0.5) is 0 Å². The summed E-state index contributed by atoms with van der Waals surface area (Å²) in [6.07, 6.45) is 2.75. The molecule has 1 aliphatic rings. The van der Waals surface area contributed by atoms with Crippen LogP contribution in [-0.4, -0.2) is 44.2 Å². The molecule has 0 spiro atoms. The van der Waals surface area contributed by atoms with Crippen LogP contribution in [-0.2, 0) is 9.53 Å². The van der Waals surface area contributed by atoms with Crippen molar-refractivity contribution in [1.29, 1.82) is 0 Å². The summed E-state index contributed by atoms with van der Waals surface area (Å²) in [5.74, 6) is 1.20. The van der Waals surface area contributed by atoms with Gasteiger partial charge >= 0.3 is 0 Å². The first-order valence-electron chi connectivity index (χ1n) is 6.14. The highest BCUT2D eigenvalue weighted by Crippen LogP contribution is 2.20. The van der Waals surface area contributed by atoms with Crippen LogP contribution in [0, 0.1) is 11.8 Å². The molecule has 1 aliphatic heterocycles. The summed E-state index contributed by atoms with van der Waals surface area (Å²) < 4.78 is 5.04. The van der Waals surface area contributed by atoms with E-state index in [4.69, 9.17) is 10.5 Å². The lowest BCUT2D eigenvalue weighted by molar-refractivity contribution is -0.131. The van der Waals surface area contributed by atoms with Crippen LogP contribution in [0.1, 0.15) is 26.2 Å². The first-order valence-corrected chi connectivity index (χ1v) is 6.14. The van der Waals surface area contributed by atoms with Gasteiger partial charge in [0.15, 0.2) is 0 Å². The standard InChI is InChI=1S/C12H24N2O2/c1-10(9-16-2)7-12(15)14-6-4-11(8-14)3-5-13/h10-11H,3-9,13H2,1-2H3. The molecule has 2 N–H and O–H groups in total. The minimum absolute atomic E-state index is 0.268. The Labute approximate surface area is 98.1 Å². The van der Waals surface area contributed by atoms with Gasteiger partial charge in [0.1, 0.15) is 0 Å². The van der Waals surface area contributed by atoms with Crippen LogP contribution in [0.3, 0.4) is 0 Å². The Hall–Kier alpha value is -0.610. The number of ether oxygens (including phenoxy) is 1. The van der Waals surface area contributed by atoms with Crippen molar-refractivity contribution in [2.45, 2.75) is 26.2 Å². The molecule has 0 bridgehead atoms. The molecule has 0 aromatic heterocycles. The maximum atomic E-state index is 11.9. The maximum absolute atomic E-state index is 11.9. The summed E-state index contributed by atoms with van der Waals surface area (Å²) in [5, 5.41) is 0. The largest absolute Gasteiger partial charge is 0.384 e. The minimum atomic E-state index is 0.268. The van der Waals surface area contributed by atoms with E-state index in [1.807, 2.05) is 4.90 Å². The number of hydrogen-bond acceptors (Lipinski definition) is 3. The van der Waals surface area contributed by atoms with Crippen molar-refractivity contribution in [3.63, 3.8) is 0 Å². The number of nitrogens with zero attached hydrogens (tertiary/aromatic N) is 1. The average molecular weight is 228 g/mol. The van der Waals surface area contributed by atoms with E-state index in [1.165, 1.54) is 0 Å². The molecule has 0 aromatic carbocycles. The lowest BCUT2D eigenvalue weighted by Gasteiger charge is -2.18. The molecule has 1 saturated heterocycles. The Balaban J connectivity index is 2.27. The molecule has 0 radical (unpaired) electrons. The average Bonchev–Trinajstić information content (AvgIpc) is 2.67. The number of rotatable bonds is 6. The normalized spacial score (nSPS) is 22.4. The fourth-order valence-corrected chi connectivity index (χ4v) is 2.30. The summed E-state index contributed by atoms with van der Waals surface area (Å²) in [6.45, 7) is 5.24. The molecule has 2 atom stereocenters. The molecule has 0 aliphatic carbocycles. The zero-order valence-electron chi connectivity index (χ0n) is 10.4. The second-order valence-corrected chi connectivity index (χ2v) is 4.84. The highest BCUT2D eigenvalue weighted by atomic mass is 16.5. The summed E-state index contributed by atoms with van der Waals surface area (Å²) in [5.41, 5.74) is 5.53. The van der Waals surface area contributed by atoms with Crippen LogP contribution in [0.5, 0.6) is 0 Å². The predicted molar refractivity (Wildman–Crippen MR) is 64.0 cm³/mol. The van der Waals surface area contributed by atoms with Crippen molar-refractivity contribution in [2.75, 3.05) is 33.4 Å². The predicted octanol–water partition coefficient (Wildman–Crippen LogP) is 0.856. The molecule has 1 fully saturated rings. The SMILES string of the molecule is COCC(C)CC(=O)N1CCC(CCN)C1. The lowest BCUT2D eigenvalue weighted by Crippen LogP contribution is -2.30. The summed E-state index contributed by atoms with van der Waals surface area (Å²) >= 11 is 0. The van der Waals surface area contributed by atoms with E-state index < -0.39 is 0 Å². The fourth-order valence-electron chi connectivity index (χ4n) is 2.30. The Morgan fingerprint density at radius 3 is 3.00 bits per heavy atom. The molecule has 1 rings (SSSR count). The van der Waals surface area contributed by atoms with Gasteiger partial charge < -0.3 is 15.4 Å². The molecular formula is C12H24N2O2. The van der Waals surface area contributed by atoms with Crippen molar-refractivity contribution in [3.8, 4) is 0 Å². The van der Waals surface area contributed by atoms with Crippen LogP contribution in [0.15, 0.2) is 0 Å². The molecule has 4 nitrogen and oxygen atoms in total. The number of hydrogen-bond donors (Lipinski definition) is 1. The third-order valence-corrected chi connectivity index (χ3v) is 3.19. The number of carbonyl (C=O) groups excluding carboxylic acids is 1. The second-order valence-electron chi connectivity index (χ2n) is 4.84. The Bertz CT molecular complexity index is 221. The second kappa shape index (κ2) is 6.86. The van der Waals surface area contributed by atoms with Crippen LogP contribution >= 0.6 is 0 Å². The molecule has 1 heterocycles. The molecular weight excluding hydrogens is 204 g/mol. The van der Waals surface area contributed by atoms with Crippen LogP contribution in [0.2, 0.25) is 0 Å². The fraction of sp³-hybridized carbons (Fsp3) is 0.917. The molecule has 4 heteroatoms. The highest BCUT2D eigenvalue weighted by Gasteiger charge is 2.26. The number of likely N-dealkylation sites (tertiary alicyclic amines) is 1. The van der Waals surface area contributed by atoms with E-state index in [2.05, 4.69) is 6.92 Å². The third kappa shape index (κ3) is 4.10.